The Bertz CT molecular complexity index is 335. The standard InChI is InChI=1S/C11H19BO2.C3H9BO/c1-10(2)7-5-8(10)11(3)9(6-7)13-12(4)14-11;1-4(2)5-3/h7-9H,5-6H2,1-4H3;1-3H3. The van der Waals surface area contributed by atoms with Gasteiger partial charge in [0.1, 0.15) is 0 Å². The van der Waals surface area contributed by atoms with Gasteiger partial charge in [-0.3, -0.25) is 0 Å². The molecule has 0 spiro atoms. The highest BCUT2D eigenvalue weighted by Gasteiger charge is 2.67. The van der Waals surface area contributed by atoms with Gasteiger partial charge in [0.15, 0.2) is 0 Å². The van der Waals surface area contributed by atoms with Crippen LogP contribution in [0.25, 0.3) is 0 Å². The molecule has 0 aromatic rings. The molecular formula is C14H28B2O3. The molecule has 0 N–H and O–H groups in total. The number of hydrogen-bond donors (Lipinski definition) is 0. The Morgan fingerprint density at radius 2 is 1.79 bits per heavy atom. The maximum absolute atomic E-state index is 6.02. The van der Waals surface area contributed by atoms with Gasteiger partial charge in [0.2, 0.25) is 0 Å². The zero-order chi connectivity index (χ0) is 14.4. The summed E-state index contributed by atoms with van der Waals surface area (Å²) in [6, 6.07) is 0. The average molecular weight is 266 g/mol. The lowest BCUT2D eigenvalue weighted by atomic mass is 9.43. The first-order chi connectivity index (χ1) is 8.71. The molecule has 3 aliphatic carbocycles. The summed E-state index contributed by atoms with van der Waals surface area (Å²) in [6.07, 6.45) is 2.90. The quantitative estimate of drug-likeness (QED) is 0.682. The van der Waals surface area contributed by atoms with Gasteiger partial charge in [-0.05, 0) is 43.8 Å². The van der Waals surface area contributed by atoms with Crippen molar-refractivity contribution in [3.63, 3.8) is 0 Å². The van der Waals surface area contributed by atoms with Crippen molar-refractivity contribution in [2.75, 3.05) is 7.11 Å². The molecule has 0 aromatic heterocycles. The topological polar surface area (TPSA) is 27.7 Å². The van der Waals surface area contributed by atoms with Crippen LogP contribution >= 0.6 is 0 Å². The van der Waals surface area contributed by atoms with E-state index in [1.54, 1.807) is 7.11 Å². The molecule has 5 heteroatoms. The van der Waals surface area contributed by atoms with Gasteiger partial charge in [0, 0.05) is 7.11 Å². The van der Waals surface area contributed by atoms with Crippen LogP contribution in [0.3, 0.4) is 0 Å². The van der Waals surface area contributed by atoms with Gasteiger partial charge in [-0.15, -0.1) is 0 Å². The minimum Gasteiger partial charge on any atom is -0.439 e. The number of hydrogen-bond acceptors (Lipinski definition) is 3. The normalized spacial score (nSPS) is 41.8. The smallest absolute Gasteiger partial charge is 0.439 e. The number of rotatable bonds is 1. The summed E-state index contributed by atoms with van der Waals surface area (Å²) in [5.74, 6) is 1.56. The highest BCUT2D eigenvalue weighted by Crippen LogP contribution is 2.65. The van der Waals surface area contributed by atoms with E-state index in [9.17, 15) is 0 Å². The average Bonchev–Trinajstić information content (AvgIpc) is 2.62. The minimum absolute atomic E-state index is 0.000139. The van der Waals surface area contributed by atoms with E-state index in [0.29, 0.717) is 24.4 Å². The highest BCUT2D eigenvalue weighted by atomic mass is 16.7. The molecule has 3 nitrogen and oxygen atoms in total. The van der Waals surface area contributed by atoms with E-state index < -0.39 is 0 Å². The van der Waals surface area contributed by atoms with E-state index >= 15 is 0 Å². The third-order valence-corrected chi connectivity index (χ3v) is 5.55. The van der Waals surface area contributed by atoms with Gasteiger partial charge in [-0.25, -0.2) is 0 Å². The van der Waals surface area contributed by atoms with E-state index in [-0.39, 0.29) is 12.7 Å². The summed E-state index contributed by atoms with van der Waals surface area (Å²) in [5.41, 5.74) is 0.469. The minimum atomic E-state index is -0.00231. The molecule has 4 rings (SSSR count). The summed E-state index contributed by atoms with van der Waals surface area (Å²) in [4.78, 5) is 0. The fraction of sp³-hybridized carbons (Fsp3) is 1.00. The van der Waals surface area contributed by atoms with Crippen LogP contribution in [-0.4, -0.2) is 32.8 Å². The molecule has 3 saturated carbocycles. The molecular weight excluding hydrogens is 238 g/mol. The van der Waals surface area contributed by atoms with Crippen LogP contribution in [0.5, 0.6) is 0 Å². The van der Waals surface area contributed by atoms with Crippen molar-refractivity contribution in [3.05, 3.63) is 0 Å². The second-order valence-corrected chi connectivity index (χ2v) is 7.32. The molecule has 19 heavy (non-hydrogen) atoms. The van der Waals surface area contributed by atoms with Gasteiger partial charge >= 0.3 is 7.12 Å². The van der Waals surface area contributed by atoms with Crippen molar-refractivity contribution in [2.45, 2.75) is 65.8 Å². The van der Waals surface area contributed by atoms with Crippen molar-refractivity contribution in [2.24, 2.45) is 17.3 Å². The van der Waals surface area contributed by atoms with Gasteiger partial charge in [-0.1, -0.05) is 27.5 Å². The molecule has 4 fully saturated rings. The molecule has 0 amide bonds. The third kappa shape index (κ3) is 2.50. The summed E-state index contributed by atoms with van der Waals surface area (Å²) in [5, 5.41) is 0. The molecule has 4 atom stereocenters. The van der Waals surface area contributed by atoms with Crippen LogP contribution in [-0.2, 0) is 14.0 Å². The van der Waals surface area contributed by atoms with Crippen LogP contribution in [0, 0.1) is 17.3 Å². The van der Waals surface area contributed by atoms with Crippen LogP contribution in [0.4, 0.5) is 0 Å². The van der Waals surface area contributed by atoms with E-state index in [1.165, 1.54) is 12.8 Å². The van der Waals surface area contributed by atoms with Crippen molar-refractivity contribution in [1.29, 1.82) is 0 Å². The van der Waals surface area contributed by atoms with Crippen LogP contribution in [0.1, 0.15) is 33.6 Å². The van der Waals surface area contributed by atoms with Crippen molar-refractivity contribution < 1.29 is 14.0 Å². The molecule has 1 aliphatic heterocycles. The van der Waals surface area contributed by atoms with E-state index in [4.69, 9.17) is 14.0 Å². The first kappa shape index (κ1) is 15.4. The second-order valence-electron chi connectivity index (χ2n) is 7.32. The Kier molecular flexibility index (Phi) is 4.12. The molecule has 1 saturated heterocycles. The Morgan fingerprint density at radius 1 is 1.21 bits per heavy atom. The van der Waals surface area contributed by atoms with Gasteiger partial charge in [0.25, 0.3) is 6.92 Å². The summed E-state index contributed by atoms with van der Waals surface area (Å²) < 4.78 is 16.6. The maximum atomic E-state index is 6.02. The maximum Gasteiger partial charge on any atom is 0.454 e. The van der Waals surface area contributed by atoms with E-state index in [2.05, 4.69) is 20.8 Å². The molecule has 108 valence electrons. The summed E-state index contributed by atoms with van der Waals surface area (Å²) >= 11 is 0. The lowest BCUT2D eigenvalue weighted by Crippen LogP contribution is -2.65. The van der Waals surface area contributed by atoms with Crippen molar-refractivity contribution in [1.82, 2.24) is 0 Å². The highest BCUT2D eigenvalue weighted by molar-refractivity contribution is 6.48. The fourth-order valence-electron chi connectivity index (χ4n) is 4.07. The third-order valence-electron chi connectivity index (χ3n) is 5.55. The zero-order valence-electron chi connectivity index (χ0n) is 13.5. The molecule has 0 aromatic carbocycles. The lowest BCUT2D eigenvalue weighted by molar-refractivity contribution is -0.199. The predicted molar refractivity (Wildman–Crippen MR) is 80.5 cm³/mol. The van der Waals surface area contributed by atoms with Crippen molar-refractivity contribution in [3.8, 4) is 0 Å². The van der Waals surface area contributed by atoms with E-state index in [1.807, 2.05) is 20.5 Å². The zero-order valence-corrected chi connectivity index (χ0v) is 13.5. The fourth-order valence-corrected chi connectivity index (χ4v) is 4.07. The SMILES string of the molecule is CB1OC2CC3CC(C3(C)C)C2(C)O1.COB(C)C. The Labute approximate surface area is 119 Å². The molecule has 1 heterocycles. The van der Waals surface area contributed by atoms with E-state index in [0.717, 1.165) is 5.92 Å². The monoisotopic (exact) mass is 266 g/mol. The molecule has 4 unspecified atom stereocenters. The second kappa shape index (κ2) is 5.09. The largest absolute Gasteiger partial charge is 0.454 e. The van der Waals surface area contributed by atoms with Crippen LogP contribution in [0.2, 0.25) is 20.5 Å². The summed E-state index contributed by atoms with van der Waals surface area (Å²) in [7, 11) is 1.70. The van der Waals surface area contributed by atoms with Crippen LogP contribution < -0.4 is 0 Å². The Morgan fingerprint density at radius 3 is 2.26 bits per heavy atom. The van der Waals surface area contributed by atoms with Crippen LogP contribution in [0.15, 0.2) is 0 Å². The molecule has 2 bridgehead atoms. The summed E-state index contributed by atoms with van der Waals surface area (Å²) in [6.45, 7) is 13.4. The van der Waals surface area contributed by atoms with Gasteiger partial charge in [-0.2, -0.15) is 0 Å². The Balaban J connectivity index is 0.000000232. The molecule has 0 radical (unpaired) electrons. The van der Waals surface area contributed by atoms with Gasteiger partial charge in [0.05, 0.1) is 11.7 Å². The first-order valence-corrected chi connectivity index (χ1v) is 7.57. The Hall–Kier alpha value is 0.00987. The van der Waals surface area contributed by atoms with Crippen molar-refractivity contribution >= 4 is 14.0 Å². The molecule has 4 aliphatic rings. The lowest BCUT2D eigenvalue weighted by Gasteiger charge is -2.64. The van der Waals surface area contributed by atoms with Gasteiger partial charge < -0.3 is 14.0 Å². The predicted octanol–water partition coefficient (Wildman–Crippen LogP) is 3.23. The first-order valence-electron chi connectivity index (χ1n) is 7.57.